The van der Waals surface area contributed by atoms with Crippen molar-refractivity contribution in [2.75, 3.05) is 24.7 Å². The lowest BCUT2D eigenvalue weighted by Crippen LogP contribution is -2.36. The molecule has 3 aliphatic heterocycles. The number of hydrogen-bond acceptors (Lipinski definition) is 18. The molecule has 4 aromatic rings. The predicted molar refractivity (Wildman–Crippen MR) is 149 cm³/mol. The smallest absolute Gasteiger partial charge is 0.387 e. The van der Waals surface area contributed by atoms with Gasteiger partial charge in [-0.3, -0.25) is 37.4 Å². The number of rotatable bonds is 2. The Kier molecular flexibility index (Phi) is 7.67. The largest absolute Gasteiger partial charge is 0.472 e. The number of nitrogens with zero attached hydrogens (tertiary/aromatic N) is 6. The number of nitrogens with two attached hydrogens (primary N) is 2. The highest BCUT2D eigenvalue weighted by Crippen LogP contribution is 2.54. The van der Waals surface area contributed by atoms with Crippen molar-refractivity contribution in [3.63, 3.8) is 0 Å². The molecule has 24 heteroatoms. The summed E-state index contributed by atoms with van der Waals surface area (Å²) in [6, 6.07) is 0. The molecule has 3 aliphatic rings. The van der Waals surface area contributed by atoms with Crippen molar-refractivity contribution in [3.8, 4) is 0 Å². The second kappa shape index (κ2) is 11.3. The van der Waals surface area contributed by atoms with Gasteiger partial charge in [0.2, 0.25) is 5.95 Å². The molecular formula is C22H25N9O13P2. The number of H-pyrrole nitrogens is 1. The molecule has 22 nitrogen and oxygen atoms in total. The van der Waals surface area contributed by atoms with Crippen LogP contribution in [0.15, 0.2) is 29.8 Å². The molecule has 0 radical (unpaired) electrons. The lowest BCUT2D eigenvalue weighted by Gasteiger charge is -2.26. The van der Waals surface area contributed by atoms with Gasteiger partial charge in [-0.25, -0.2) is 24.1 Å². The molecule has 4 unspecified atom stereocenters. The summed E-state index contributed by atoms with van der Waals surface area (Å²) in [5, 5.41) is 22.6. The van der Waals surface area contributed by atoms with Crippen LogP contribution in [0.5, 0.6) is 0 Å². The Morgan fingerprint density at radius 2 is 1.63 bits per heavy atom. The number of aromatic amines is 1. The number of ether oxygens (including phenoxy) is 2. The first-order valence-electron chi connectivity index (χ1n) is 13.4. The molecule has 246 valence electrons. The van der Waals surface area contributed by atoms with E-state index in [-0.39, 0.29) is 34.0 Å². The lowest BCUT2D eigenvalue weighted by molar-refractivity contribution is -0.0636. The first kappa shape index (κ1) is 31.1. The third kappa shape index (κ3) is 5.47. The van der Waals surface area contributed by atoms with E-state index in [9.17, 15) is 33.9 Å². The van der Waals surface area contributed by atoms with E-state index >= 15 is 0 Å². The van der Waals surface area contributed by atoms with Crippen molar-refractivity contribution in [1.82, 2.24) is 34.5 Å². The number of nitrogen functional groups attached to an aromatic ring is 2. The van der Waals surface area contributed by atoms with Gasteiger partial charge in [0.05, 0.1) is 30.4 Å². The Hall–Kier alpha value is -3.50. The molecule has 0 aromatic carbocycles. The standard InChI is InChI=1S/C22H25N9O13P2/c23-18-8-2-25-1-7(11(8)26-5-27-18)15-14(33)16-10(41-15)4-40-46(37,38)44-17-13(32)9(3-39-45(35,36)43-16)42-21(17)31-6-28-12-19(31)29-22(24)30-20(12)34/h1-2,5-6,9-10,13-17,21,32-33H,3-4H2,(H,35,36)(H,37,38)(H2,23,26,27)(H3,24,29,30,34)/t9-,10-,13?,14-,15+,16?,17+,21-/m1/s1. The second-order valence-corrected chi connectivity index (χ2v) is 13.3. The van der Waals surface area contributed by atoms with Crippen molar-refractivity contribution >= 4 is 49.5 Å². The first-order chi connectivity index (χ1) is 21.8. The number of aliphatic hydroxyl groups is 2. The number of phosphoric acid groups is 2. The molecule has 4 aromatic heterocycles. The van der Waals surface area contributed by atoms with Gasteiger partial charge < -0.3 is 40.9 Å². The molecule has 46 heavy (non-hydrogen) atoms. The van der Waals surface area contributed by atoms with Crippen LogP contribution in [0, 0.1) is 0 Å². The van der Waals surface area contributed by atoms with Crippen LogP contribution >= 0.6 is 15.6 Å². The van der Waals surface area contributed by atoms with E-state index in [1.165, 1.54) is 18.7 Å². The van der Waals surface area contributed by atoms with Crippen LogP contribution in [0.4, 0.5) is 11.8 Å². The summed E-state index contributed by atoms with van der Waals surface area (Å²) < 4.78 is 60.1. The maximum atomic E-state index is 13.2. The second-order valence-electron chi connectivity index (χ2n) is 10.5. The zero-order valence-corrected chi connectivity index (χ0v) is 24.8. The zero-order chi connectivity index (χ0) is 32.5. The fraction of sp³-hybridized carbons (Fsp3) is 0.455. The SMILES string of the molecule is Nc1nc2c(ncn2[C@@H]2O[C@@H]3COP(=O)(O)OC4[C@@H](COP(=O)(O)O[C@H]2C3O)O[C@@H](c2cncc3c(N)ncnc23)[C@H]4O)c(=O)[nH]1. The van der Waals surface area contributed by atoms with E-state index in [0.29, 0.717) is 5.39 Å². The van der Waals surface area contributed by atoms with Crippen LogP contribution in [-0.2, 0) is 36.7 Å². The number of fused-ring (bicyclic) bond motifs is 5. The summed E-state index contributed by atoms with van der Waals surface area (Å²) in [6.07, 6.45) is -7.60. The zero-order valence-electron chi connectivity index (χ0n) is 23.0. The lowest BCUT2D eigenvalue weighted by atomic mass is 10.0. The molecule has 0 saturated carbocycles. The quantitative estimate of drug-likeness (QED) is 0.117. The summed E-state index contributed by atoms with van der Waals surface area (Å²) in [6.45, 7) is -1.65. The molecule has 0 amide bonds. The Labute approximate surface area is 255 Å². The van der Waals surface area contributed by atoms with Crippen LogP contribution < -0.4 is 17.0 Å². The number of aromatic nitrogens is 7. The number of aliphatic hydroxyl groups excluding tert-OH is 2. The minimum absolute atomic E-state index is 0.0904. The topological polar surface area (TPSA) is 325 Å². The van der Waals surface area contributed by atoms with Crippen LogP contribution in [0.1, 0.15) is 17.9 Å². The summed E-state index contributed by atoms with van der Waals surface area (Å²) in [4.78, 5) is 56.0. The molecule has 2 bridgehead atoms. The normalized spacial score (nSPS) is 37.0. The molecule has 3 saturated heterocycles. The Morgan fingerprint density at radius 3 is 2.39 bits per heavy atom. The third-order valence-electron chi connectivity index (χ3n) is 7.60. The molecule has 7 heterocycles. The van der Waals surface area contributed by atoms with Gasteiger partial charge in [-0.15, -0.1) is 0 Å². The van der Waals surface area contributed by atoms with Gasteiger partial charge in [0.25, 0.3) is 5.56 Å². The molecule has 9 N–H and O–H groups in total. The van der Waals surface area contributed by atoms with Crippen LogP contribution in [0.3, 0.4) is 0 Å². The monoisotopic (exact) mass is 685 g/mol. The van der Waals surface area contributed by atoms with Crippen molar-refractivity contribution in [2.45, 2.75) is 49.0 Å². The molecule has 10 atom stereocenters. The minimum Gasteiger partial charge on any atom is -0.387 e. The van der Waals surface area contributed by atoms with Gasteiger partial charge in [0.15, 0.2) is 17.4 Å². The van der Waals surface area contributed by atoms with Crippen LogP contribution in [0.2, 0.25) is 0 Å². The highest BCUT2D eigenvalue weighted by molar-refractivity contribution is 7.47. The van der Waals surface area contributed by atoms with E-state index in [4.69, 9.17) is 39.0 Å². The number of anilines is 2. The third-order valence-corrected chi connectivity index (χ3v) is 9.57. The Morgan fingerprint density at radius 1 is 0.913 bits per heavy atom. The number of pyridine rings is 1. The molecule has 0 aliphatic carbocycles. The average Bonchev–Trinajstić information content (AvgIpc) is 3.64. The van der Waals surface area contributed by atoms with E-state index in [1.807, 2.05) is 0 Å². The van der Waals surface area contributed by atoms with Crippen LogP contribution in [-0.4, -0.2) is 104 Å². The van der Waals surface area contributed by atoms with Crippen molar-refractivity contribution < 1.29 is 56.7 Å². The fourth-order valence-corrected chi connectivity index (χ4v) is 7.41. The average molecular weight is 685 g/mol. The summed E-state index contributed by atoms with van der Waals surface area (Å²) in [7, 11) is -10.2. The van der Waals surface area contributed by atoms with E-state index in [0.717, 1.165) is 10.9 Å². The maximum absolute atomic E-state index is 13.2. The van der Waals surface area contributed by atoms with Gasteiger partial charge in [0, 0.05) is 18.0 Å². The van der Waals surface area contributed by atoms with Crippen molar-refractivity contribution in [1.29, 1.82) is 0 Å². The molecular weight excluding hydrogens is 660 g/mol. The van der Waals surface area contributed by atoms with Crippen molar-refractivity contribution in [2.24, 2.45) is 0 Å². The number of phosphoric ester groups is 2. The Balaban J connectivity index is 1.21. The highest BCUT2D eigenvalue weighted by atomic mass is 31.2. The van der Waals surface area contributed by atoms with Crippen molar-refractivity contribution in [3.05, 3.63) is 41.0 Å². The minimum atomic E-state index is -5.12. The number of hydrogen-bond donors (Lipinski definition) is 7. The van der Waals surface area contributed by atoms with Gasteiger partial charge in [0.1, 0.15) is 54.9 Å². The Bertz CT molecular complexity index is 1980. The number of imidazole rings is 1. The van der Waals surface area contributed by atoms with Gasteiger partial charge in [-0.2, -0.15) is 4.98 Å². The number of nitrogens with one attached hydrogen (secondary N) is 1. The first-order valence-corrected chi connectivity index (χ1v) is 16.4. The molecule has 3 fully saturated rings. The van der Waals surface area contributed by atoms with E-state index < -0.39 is 83.4 Å². The van der Waals surface area contributed by atoms with Gasteiger partial charge in [-0.05, 0) is 0 Å². The van der Waals surface area contributed by atoms with E-state index in [1.54, 1.807) is 0 Å². The predicted octanol–water partition coefficient (Wildman–Crippen LogP) is -1.60. The van der Waals surface area contributed by atoms with E-state index in [2.05, 4.69) is 29.9 Å². The van der Waals surface area contributed by atoms with Gasteiger partial charge >= 0.3 is 15.6 Å². The highest BCUT2D eigenvalue weighted by Gasteiger charge is 2.54. The molecule has 7 rings (SSSR count). The maximum Gasteiger partial charge on any atom is 0.472 e. The molecule has 0 spiro atoms. The van der Waals surface area contributed by atoms with Crippen LogP contribution in [0.25, 0.3) is 22.1 Å². The summed E-state index contributed by atoms with van der Waals surface area (Å²) in [5.74, 6) is -0.193. The fourth-order valence-electron chi connectivity index (χ4n) is 5.51. The summed E-state index contributed by atoms with van der Waals surface area (Å²) >= 11 is 0. The van der Waals surface area contributed by atoms with Gasteiger partial charge in [-0.1, -0.05) is 0 Å². The summed E-state index contributed by atoms with van der Waals surface area (Å²) in [5.41, 5.74) is 11.0.